The molecule has 1 fully saturated rings. The molecule has 0 saturated carbocycles. The molecule has 1 amide bonds. The Kier molecular flexibility index (Phi) is 4.98. The van der Waals surface area contributed by atoms with E-state index in [0.29, 0.717) is 5.92 Å². The van der Waals surface area contributed by atoms with Gasteiger partial charge in [-0.15, -0.1) is 0 Å². The fraction of sp³-hybridized carbons (Fsp3) is 0.533. The molecular formula is C15H22N2O3. The molecule has 5 heteroatoms. The summed E-state index contributed by atoms with van der Waals surface area (Å²) >= 11 is 0. The smallest absolute Gasteiger partial charge is 0.241 e. The normalized spacial score (nSPS) is 18.0. The van der Waals surface area contributed by atoms with Gasteiger partial charge in [0, 0.05) is 20.2 Å². The van der Waals surface area contributed by atoms with Crippen molar-refractivity contribution in [1.82, 2.24) is 4.90 Å². The first kappa shape index (κ1) is 14.8. The van der Waals surface area contributed by atoms with Crippen LogP contribution in [-0.2, 0) is 9.53 Å². The molecule has 1 aliphatic rings. The number of benzene rings is 1. The zero-order valence-corrected chi connectivity index (χ0v) is 11.8. The number of methoxy groups -OCH3 is 1. The molecule has 110 valence electrons. The van der Waals surface area contributed by atoms with Crippen molar-refractivity contribution >= 4 is 5.91 Å². The topological polar surface area (TPSA) is 75.8 Å². The highest BCUT2D eigenvalue weighted by molar-refractivity contribution is 5.81. The Morgan fingerprint density at radius 2 is 2.00 bits per heavy atom. The Balaban J connectivity index is 1.89. The number of likely N-dealkylation sites (tertiary alicyclic amines) is 1. The van der Waals surface area contributed by atoms with E-state index in [2.05, 4.69) is 0 Å². The predicted octanol–water partition coefficient (Wildman–Crippen LogP) is 1.07. The Morgan fingerprint density at radius 3 is 2.55 bits per heavy atom. The van der Waals surface area contributed by atoms with Crippen LogP contribution < -0.4 is 5.73 Å². The van der Waals surface area contributed by atoms with Crippen molar-refractivity contribution in [3.05, 3.63) is 29.8 Å². The molecule has 1 saturated heterocycles. The van der Waals surface area contributed by atoms with E-state index < -0.39 is 6.04 Å². The van der Waals surface area contributed by atoms with Gasteiger partial charge in [0.25, 0.3) is 0 Å². The SMILES string of the molecule is COCC(N)C(=O)N1CCC(c2ccc(O)cc2)CC1. The number of carbonyl (C=O) groups is 1. The zero-order chi connectivity index (χ0) is 14.5. The number of piperidine rings is 1. The van der Waals surface area contributed by atoms with E-state index >= 15 is 0 Å². The van der Waals surface area contributed by atoms with Crippen molar-refractivity contribution in [2.75, 3.05) is 26.8 Å². The van der Waals surface area contributed by atoms with Crippen LogP contribution >= 0.6 is 0 Å². The van der Waals surface area contributed by atoms with Gasteiger partial charge in [-0.2, -0.15) is 0 Å². The predicted molar refractivity (Wildman–Crippen MR) is 76.5 cm³/mol. The van der Waals surface area contributed by atoms with Crippen LogP contribution in [-0.4, -0.2) is 48.8 Å². The van der Waals surface area contributed by atoms with Crippen molar-refractivity contribution in [1.29, 1.82) is 0 Å². The van der Waals surface area contributed by atoms with Gasteiger partial charge in [-0.3, -0.25) is 4.79 Å². The summed E-state index contributed by atoms with van der Waals surface area (Å²) in [6.07, 6.45) is 1.85. The number of phenols is 1. The van der Waals surface area contributed by atoms with Crippen LogP contribution in [0.1, 0.15) is 24.3 Å². The number of aromatic hydroxyl groups is 1. The fourth-order valence-electron chi connectivity index (χ4n) is 2.67. The highest BCUT2D eigenvalue weighted by Crippen LogP contribution is 2.29. The second-order valence-corrected chi connectivity index (χ2v) is 5.25. The molecule has 1 atom stereocenters. The highest BCUT2D eigenvalue weighted by atomic mass is 16.5. The van der Waals surface area contributed by atoms with Crippen LogP contribution in [0.3, 0.4) is 0 Å². The minimum atomic E-state index is -0.565. The molecule has 0 aliphatic carbocycles. The Hall–Kier alpha value is -1.59. The van der Waals surface area contributed by atoms with Crippen molar-refractivity contribution in [3.8, 4) is 5.75 Å². The number of phenolic OH excluding ortho intramolecular Hbond substituents is 1. The number of hydrogen-bond donors (Lipinski definition) is 2. The summed E-state index contributed by atoms with van der Waals surface area (Å²) < 4.78 is 4.92. The third-order valence-corrected chi connectivity index (χ3v) is 3.83. The average Bonchev–Trinajstić information content (AvgIpc) is 2.48. The van der Waals surface area contributed by atoms with Gasteiger partial charge in [0.05, 0.1) is 6.61 Å². The maximum atomic E-state index is 12.1. The first-order chi connectivity index (χ1) is 9.61. The van der Waals surface area contributed by atoms with Gasteiger partial charge in [0.2, 0.25) is 5.91 Å². The van der Waals surface area contributed by atoms with Crippen molar-refractivity contribution in [3.63, 3.8) is 0 Å². The molecule has 1 unspecified atom stereocenters. The summed E-state index contributed by atoms with van der Waals surface area (Å²) in [5.74, 6) is 0.696. The standard InChI is InChI=1S/C15H22N2O3/c1-20-10-14(16)15(19)17-8-6-12(7-9-17)11-2-4-13(18)5-3-11/h2-5,12,14,18H,6-10,16H2,1H3. The molecule has 1 aliphatic heterocycles. The summed E-state index contributed by atoms with van der Waals surface area (Å²) in [7, 11) is 1.55. The maximum absolute atomic E-state index is 12.1. The van der Waals surface area contributed by atoms with Gasteiger partial charge < -0.3 is 20.5 Å². The number of rotatable bonds is 4. The van der Waals surface area contributed by atoms with Crippen LogP contribution in [0.2, 0.25) is 0 Å². The molecule has 0 radical (unpaired) electrons. The second kappa shape index (κ2) is 6.72. The summed E-state index contributed by atoms with van der Waals surface area (Å²) in [5, 5.41) is 9.30. The Bertz CT molecular complexity index is 439. The number of ether oxygens (including phenoxy) is 1. The summed E-state index contributed by atoms with van der Waals surface area (Å²) in [6.45, 7) is 1.71. The van der Waals surface area contributed by atoms with Gasteiger partial charge in [0.15, 0.2) is 0 Å². The van der Waals surface area contributed by atoms with Gasteiger partial charge >= 0.3 is 0 Å². The lowest BCUT2D eigenvalue weighted by molar-refractivity contribution is -0.134. The first-order valence-corrected chi connectivity index (χ1v) is 6.94. The summed E-state index contributed by atoms with van der Waals surface area (Å²) in [6, 6.07) is 6.76. The number of nitrogens with zero attached hydrogens (tertiary/aromatic N) is 1. The van der Waals surface area contributed by atoms with Crippen LogP contribution in [0, 0.1) is 0 Å². The van der Waals surface area contributed by atoms with Gasteiger partial charge in [0.1, 0.15) is 11.8 Å². The van der Waals surface area contributed by atoms with E-state index in [1.54, 1.807) is 19.2 Å². The van der Waals surface area contributed by atoms with Crippen LogP contribution in [0.15, 0.2) is 24.3 Å². The van der Waals surface area contributed by atoms with Gasteiger partial charge in [-0.25, -0.2) is 0 Å². The lowest BCUT2D eigenvalue weighted by atomic mass is 9.89. The van der Waals surface area contributed by atoms with Crippen LogP contribution in [0.4, 0.5) is 0 Å². The fourth-order valence-corrected chi connectivity index (χ4v) is 2.67. The summed E-state index contributed by atoms with van der Waals surface area (Å²) in [5.41, 5.74) is 7.00. The van der Waals surface area contributed by atoms with Crippen molar-refractivity contribution in [2.45, 2.75) is 24.8 Å². The average molecular weight is 278 g/mol. The molecular weight excluding hydrogens is 256 g/mol. The minimum absolute atomic E-state index is 0.0315. The largest absolute Gasteiger partial charge is 0.508 e. The molecule has 2 rings (SSSR count). The first-order valence-electron chi connectivity index (χ1n) is 6.94. The number of amides is 1. The Morgan fingerprint density at radius 1 is 1.40 bits per heavy atom. The number of hydrogen-bond acceptors (Lipinski definition) is 4. The van der Waals surface area contributed by atoms with E-state index in [1.807, 2.05) is 17.0 Å². The maximum Gasteiger partial charge on any atom is 0.241 e. The van der Waals surface area contributed by atoms with E-state index in [0.717, 1.165) is 25.9 Å². The summed E-state index contributed by atoms with van der Waals surface area (Å²) in [4.78, 5) is 13.9. The quantitative estimate of drug-likeness (QED) is 0.864. The molecule has 1 aromatic rings. The lowest BCUT2D eigenvalue weighted by Gasteiger charge is -2.33. The van der Waals surface area contributed by atoms with E-state index in [9.17, 15) is 9.90 Å². The molecule has 0 aromatic heterocycles. The van der Waals surface area contributed by atoms with Crippen LogP contribution in [0.5, 0.6) is 5.75 Å². The van der Waals surface area contributed by atoms with Gasteiger partial charge in [-0.05, 0) is 36.5 Å². The third-order valence-electron chi connectivity index (χ3n) is 3.83. The molecule has 3 N–H and O–H groups in total. The zero-order valence-electron chi connectivity index (χ0n) is 11.8. The molecule has 20 heavy (non-hydrogen) atoms. The third kappa shape index (κ3) is 3.49. The minimum Gasteiger partial charge on any atom is -0.508 e. The second-order valence-electron chi connectivity index (χ2n) is 5.25. The highest BCUT2D eigenvalue weighted by Gasteiger charge is 2.26. The number of carbonyl (C=O) groups excluding carboxylic acids is 1. The van der Waals surface area contributed by atoms with Crippen molar-refractivity contribution in [2.24, 2.45) is 5.73 Å². The molecule has 1 aromatic carbocycles. The molecule has 5 nitrogen and oxygen atoms in total. The van der Waals surface area contributed by atoms with Gasteiger partial charge in [-0.1, -0.05) is 12.1 Å². The van der Waals surface area contributed by atoms with E-state index in [-0.39, 0.29) is 18.3 Å². The lowest BCUT2D eigenvalue weighted by Crippen LogP contribution is -2.48. The Labute approximate surface area is 119 Å². The van der Waals surface area contributed by atoms with E-state index in [4.69, 9.17) is 10.5 Å². The monoisotopic (exact) mass is 278 g/mol. The molecule has 0 bridgehead atoms. The van der Waals surface area contributed by atoms with E-state index in [1.165, 1.54) is 5.56 Å². The molecule has 0 spiro atoms. The van der Waals surface area contributed by atoms with Crippen LogP contribution in [0.25, 0.3) is 0 Å². The van der Waals surface area contributed by atoms with Crippen molar-refractivity contribution < 1.29 is 14.6 Å². The molecule has 1 heterocycles. The number of nitrogens with two attached hydrogens (primary N) is 1.